The number of halogens is 1. The van der Waals surface area contributed by atoms with Gasteiger partial charge in [-0.2, -0.15) is 0 Å². The zero-order valence-electron chi connectivity index (χ0n) is 11.5. The largest absolute Gasteiger partial charge is 0.493 e. The molecule has 0 heterocycles. The van der Waals surface area contributed by atoms with Crippen molar-refractivity contribution in [3.63, 3.8) is 0 Å². The molecule has 0 saturated heterocycles. The van der Waals surface area contributed by atoms with Crippen molar-refractivity contribution in [3.8, 4) is 11.5 Å². The SMILES string of the molecule is COc1cc([C@@H](C)O)ccc1OCc1ccccc1F. The number of benzene rings is 2. The van der Waals surface area contributed by atoms with Gasteiger partial charge in [0.2, 0.25) is 0 Å². The molecule has 0 saturated carbocycles. The van der Waals surface area contributed by atoms with Crippen LogP contribution in [0.4, 0.5) is 4.39 Å². The summed E-state index contributed by atoms with van der Waals surface area (Å²) in [5.41, 5.74) is 1.22. The number of hydrogen-bond acceptors (Lipinski definition) is 3. The minimum Gasteiger partial charge on any atom is -0.493 e. The van der Waals surface area contributed by atoms with Gasteiger partial charge in [-0.25, -0.2) is 4.39 Å². The van der Waals surface area contributed by atoms with Gasteiger partial charge in [-0.1, -0.05) is 24.3 Å². The fourth-order valence-electron chi connectivity index (χ4n) is 1.83. The Morgan fingerprint density at radius 2 is 1.90 bits per heavy atom. The van der Waals surface area contributed by atoms with E-state index in [-0.39, 0.29) is 12.4 Å². The van der Waals surface area contributed by atoms with Crippen LogP contribution in [0.25, 0.3) is 0 Å². The average Bonchev–Trinajstić information content (AvgIpc) is 2.46. The van der Waals surface area contributed by atoms with E-state index in [0.717, 1.165) is 5.56 Å². The molecule has 0 aliphatic carbocycles. The summed E-state index contributed by atoms with van der Waals surface area (Å²) < 4.78 is 24.3. The third-order valence-electron chi connectivity index (χ3n) is 3.01. The smallest absolute Gasteiger partial charge is 0.161 e. The van der Waals surface area contributed by atoms with Crippen LogP contribution < -0.4 is 9.47 Å². The van der Waals surface area contributed by atoms with Gasteiger partial charge >= 0.3 is 0 Å². The van der Waals surface area contributed by atoms with Gasteiger partial charge in [0, 0.05) is 5.56 Å². The Hall–Kier alpha value is -2.07. The van der Waals surface area contributed by atoms with Crippen molar-refractivity contribution in [2.75, 3.05) is 7.11 Å². The van der Waals surface area contributed by atoms with Crippen molar-refractivity contribution in [3.05, 3.63) is 59.4 Å². The molecule has 0 unspecified atom stereocenters. The zero-order valence-corrected chi connectivity index (χ0v) is 11.5. The highest BCUT2D eigenvalue weighted by atomic mass is 19.1. The normalized spacial score (nSPS) is 12.0. The molecular formula is C16H17FO3. The number of hydrogen-bond donors (Lipinski definition) is 1. The van der Waals surface area contributed by atoms with E-state index in [1.165, 1.54) is 13.2 Å². The molecule has 0 aromatic heterocycles. The van der Waals surface area contributed by atoms with E-state index in [0.29, 0.717) is 17.1 Å². The van der Waals surface area contributed by atoms with Crippen molar-refractivity contribution in [2.24, 2.45) is 0 Å². The molecule has 20 heavy (non-hydrogen) atoms. The Labute approximate surface area is 117 Å². The van der Waals surface area contributed by atoms with E-state index in [9.17, 15) is 9.50 Å². The maximum Gasteiger partial charge on any atom is 0.161 e. The van der Waals surface area contributed by atoms with Gasteiger partial charge in [-0.15, -0.1) is 0 Å². The summed E-state index contributed by atoms with van der Waals surface area (Å²) in [6.07, 6.45) is -0.579. The first kappa shape index (κ1) is 14.3. The van der Waals surface area contributed by atoms with E-state index in [4.69, 9.17) is 9.47 Å². The van der Waals surface area contributed by atoms with Gasteiger partial charge in [0.1, 0.15) is 12.4 Å². The predicted octanol–water partition coefficient (Wildman–Crippen LogP) is 3.47. The number of ether oxygens (including phenoxy) is 2. The molecule has 1 atom stereocenters. The van der Waals surface area contributed by atoms with Crippen molar-refractivity contribution in [2.45, 2.75) is 19.6 Å². The highest BCUT2D eigenvalue weighted by Crippen LogP contribution is 2.31. The molecule has 0 amide bonds. The van der Waals surface area contributed by atoms with Crippen LogP contribution in [-0.2, 0) is 6.61 Å². The first-order chi connectivity index (χ1) is 9.61. The second-order valence-electron chi connectivity index (χ2n) is 4.47. The molecule has 0 spiro atoms. The van der Waals surface area contributed by atoms with Crippen LogP contribution in [0.1, 0.15) is 24.2 Å². The van der Waals surface area contributed by atoms with Crippen LogP contribution in [-0.4, -0.2) is 12.2 Å². The summed E-state index contributed by atoms with van der Waals surface area (Å²) in [5, 5.41) is 9.53. The maximum atomic E-state index is 13.5. The van der Waals surface area contributed by atoms with E-state index < -0.39 is 6.10 Å². The summed E-state index contributed by atoms with van der Waals surface area (Å²) in [6, 6.07) is 11.6. The van der Waals surface area contributed by atoms with Crippen LogP contribution in [0.5, 0.6) is 11.5 Å². The molecule has 3 nitrogen and oxygen atoms in total. The Balaban J connectivity index is 2.15. The Morgan fingerprint density at radius 3 is 2.55 bits per heavy atom. The lowest BCUT2D eigenvalue weighted by atomic mass is 10.1. The first-order valence-corrected chi connectivity index (χ1v) is 6.34. The molecule has 0 aliphatic heterocycles. The molecule has 106 valence electrons. The van der Waals surface area contributed by atoms with E-state index >= 15 is 0 Å². The minimum absolute atomic E-state index is 0.122. The second-order valence-corrected chi connectivity index (χ2v) is 4.47. The quantitative estimate of drug-likeness (QED) is 0.908. The fourth-order valence-corrected chi connectivity index (χ4v) is 1.83. The molecule has 1 N–H and O–H groups in total. The molecule has 0 radical (unpaired) electrons. The minimum atomic E-state index is -0.579. The van der Waals surface area contributed by atoms with E-state index in [1.807, 2.05) is 0 Å². The predicted molar refractivity (Wildman–Crippen MR) is 74.4 cm³/mol. The molecule has 2 aromatic rings. The summed E-state index contributed by atoms with van der Waals surface area (Å²) >= 11 is 0. The summed E-state index contributed by atoms with van der Waals surface area (Å²) in [4.78, 5) is 0. The van der Waals surface area contributed by atoms with Crippen LogP contribution in [0, 0.1) is 5.82 Å². The third kappa shape index (κ3) is 3.27. The third-order valence-corrected chi connectivity index (χ3v) is 3.01. The number of rotatable bonds is 5. The molecule has 2 rings (SSSR count). The monoisotopic (exact) mass is 276 g/mol. The molecule has 4 heteroatoms. The molecular weight excluding hydrogens is 259 g/mol. The highest BCUT2D eigenvalue weighted by molar-refractivity contribution is 5.43. The van der Waals surface area contributed by atoms with Gasteiger partial charge in [-0.05, 0) is 30.7 Å². The number of methoxy groups -OCH3 is 1. The van der Waals surface area contributed by atoms with Gasteiger partial charge < -0.3 is 14.6 Å². The topological polar surface area (TPSA) is 38.7 Å². The molecule has 0 bridgehead atoms. The van der Waals surface area contributed by atoms with Crippen LogP contribution in [0.2, 0.25) is 0 Å². The van der Waals surface area contributed by atoms with Crippen molar-refractivity contribution < 1.29 is 19.0 Å². The van der Waals surface area contributed by atoms with Crippen LogP contribution >= 0.6 is 0 Å². The van der Waals surface area contributed by atoms with Crippen molar-refractivity contribution >= 4 is 0 Å². The number of aliphatic hydroxyl groups is 1. The lowest BCUT2D eigenvalue weighted by Crippen LogP contribution is -2.01. The van der Waals surface area contributed by atoms with Crippen LogP contribution in [0.3, 0.4) is 0 Å². The lowest BCUT2D eigenvalue weighted by Gasteiger charge is -2.13. The van der Waals surface area contributed by atoms with Crippen LogP contribution in [0.15, 0.2) is 42.5 Å². The summed E-state index contributed by atoms with van der Waals surface area (Å²) in [7, 11) is 1.52. The van der Waals surface area contributed by atoms with Gasteiger partial charge in [0.05, 0.1) is 13.2 Å². The summed E-state index contributed by atoms with van der Waals surface area (Å²) in [6.45, 7) is 1.80. The molecule has 2 aromatic carbocycles. The number of aliphatic hydroxyl groups excluding tert-OH is 1. The molecule has 0 aliphatic rings. The maximum absolute atomic E-state index is 13.5. The van der Waals surface area contributed by atoms with Crippen molar-refractivity contribution in [1.29, 1.82) is 0 Å². The van der Waals surface area contributed by atoms with Crippen molar-refractivity contribution in [1.82, 2.24) is 0 Å². The average molecular weight is 276 g/mol. The Kier molecular flexibility index (Phi) is 4.58. The highest BCUT2D eigenvalue weighted by Gasteiger charge is 2.10. The Morgan fingerprint density at radius 1 is 1.15 bits per heavy atom. The summed E-state index contributed by atoms with van der Waals surface area (Å²) in [5.74, 6) is 0.729. The zero-order chi connectivity index (χ0) is 14.5. The second kappa shape index (κ2) is 6.39. The van der Waals surface area contributed by atoms with Gasteiger partial charge in [-0.3, -0.25) is 0 Å². The van der Waals surface area contributed by atoms with Gasteiger partial charge in [0.25, 0.3) is 0 Å². The molecule has 0 fully saturated rings. The van der Waals surface area contributed by atoms with Gasteiger partial charge in [0.15, 0.2) is 11.5 Å². The van der Waals surface area contributed by atoms with E-state index in [2.05, 4.69) is 0 Å². The standard InChI is InChI=1S/C16H17FO3/c1-11(18)12-7-8-15(16(9-12)19-2)20-10-13-5-3-4-6-14(13)17/h3-9,11,18H,10H2,1-2H3/t11-/m1/s1. The van der Waals surface area contributed by atoms with E-state index in [1.54, 1.807) is 43.3 Å². The fraction of sp³-hybridized carbons (Fsp3) is 0.250. The lowest BCUT2D eigenvalue weighted by molar-refractivity contribution is 0.198. The first-order valence-electron chi connectivity index (χ1n) is 6.34. The Bertz CT molecular complexity index is 582.